The monoisotopic (exact) mass is 432 g/mol. The van der Waals surface area contributed by atoms with Gasteiger partial charge in [0.05, 0.1) is 0 Å². The van der Waals surface area contributed by atoms with Crippen molar-refractivity contribution in [2.24, 2.45) is 0 Å². The summed E-state index contributed by atoms with van der Waals surface area (Å²) < 4.78 is 6.65. The summed E-state index contributed by atoms with van der Waals surface area (Å²) in [6, 6.07) is 14.6. The first kappa shape index (κ1) is 21.0. The minimum atomic E-state index is -0.590. The van der Waals surface area contributed by atoms with E-state index >= 15 is 0 Å². The van der Waals surface area contributed by atoms with Crippen molar-refractivity contribution in [1.29, 1.82) is 0 Å². The molecule has 27 heavy (non-hydrogen) atoms. The summed E-state index contributed by atoms with van der Waals surface area (Å²) >= 11 is 3.44. The minimum absolute atomic E-state index is 0.127. The van der Waals surface area contributed by atoms with Gasteiger partial charge in [0.25, 0.3) is 5.91 Å². The maximum atomic E-state index is 12.8. The standard InChI is InChI=1S/C21H25BrN2O3/c1-4-23-21(26)16(3)24(13-17-8-6-5-7-9-17)20(25)14-27-18-10-11-19(22)15(2)12-18/h5-12,16H,4,13-14H2,1-3H3,(H,23,26)/t16-/m0/s1. The number of ether oxygens (including phenoxy) is 1. The zero-order valence-electron chi connectivity index (χ0n) is 15.9. The molecule has 0 heterocycles. The maximum Gasteiger partial charge on any atom is 0.261 e. The highest BCUT2D eigenvalue weighted by Gasteiger charge is 2.26. The van der Waals surface area contributed by atoms with Crippen molar-refractivity contribution < 1.29 is 14.3 Å². The van der Waals surface area contributed by atoms with Crippen molar-refractivity contribution in [3.8, 4) is 5.75 Å². The van der Waals surface area contributed by atoms with Crippen molar-refractivity contribution in [3.05, 3.63) is 64.1 Å². The highest BCUT2D eigenvalue weighted by atomic mass is 79.9. The van der Waals surface area contributed by atoms with E-state index in [1.165, 1.54) is 0 Å². The molecule has 6 heteroatoms. The Kier molecular flexibility index (Phi) is 7.85. The molecule has 0 aliphatic rings. The van der Waals surface area contributed by atoms with E-state index in [1.54, 1.807) is 17.9 Å². The smallest absolute Gasteiger partial charge is 0.261 e. The molecule has 5 nitrogen and oxygen atoms in total. The van der Waals surface area contributed by atoms with Gasteiger partial charge in [0.1, 0.15) is 11.8 Å². The lowest BCUT2D eigenvalue weighted by Gasteiger charge is -2.28. The molecule has 2 amide bonds. The molecule has 2 aromatic rings. The van der Waals surface area contributed by atoms with Crippen LogP contribution in [0.4, 0.5) is 0 Å². The molecule has 0 spiro atoms. The van der Waals surface area contributed by atoms with E-state index in [0.717, 1.165) is 15.6 Å². The molecular formula is C21H25BrN2O3. The number of amides is 2. The average Bonchev–Trinajstić information content (AvgIpc) is 2.67. The van der Waals surface area contributed by atoms with Crippen molar-refractivity contribution in [1.82, 2.24) is 10.2 Å². The van der Waals surface area contributed by atoms with Crippen molar-refractivity contribution in [2.75, 3.05) is 13.2 Å². The average molecular weight is 433 g/mol. The van der Waals surface area contributed by atoms with E-state index in [4.69, 9.17) is 4.74 Å². The first-order valence-corrected chi connectivity index (χ1v) is 9.71. The Bertz CT molecular complexity index is 780. The van der Waals surface area contributed by atoms with E-state index in [9.17, 15) is 9.59 Å². The third-order valence-corrected chi connectivity index (χ3v) is 5.10. The summed E-state index contributed by atoms with van der Waals surface area (Å²) in [4.78, 5) is 26.7. The molecule has 0 radical (unpaired) electrons. The van der Waals surface area contributed by atoms with Crippen LogP contribution in [0.3, 0.4) is 0 Å². The van der Waals surface area contributed by atoms with Crippen molar-refractivity contribution in [2.45, 2.75) is 33.4 Å². The Morgan fingerprint density at radius 3 is 2.52 bits per heavy atom. The number of hydrogen-bond donors (Lipinski definition) is 1. The SMILES string of the molecule is CCNC(=O)[C@H](C)N(Cc1ccccc1)C(=O)COc1ccc(Br)c(C)c1. The number of nitrogens with zero attached hydrogens (tertiary/aromatic N) is 1. The first-order chi connectivity index (χ1) is 12.9. The summed E-state index contributed by atoms with van der Waals surface area (Å²) in [5.74, 6) is 0.203. The van der Waals surface area contributed by atoms with Crippen LogP contribution in [0.25, 0.3) is 0 Å². The molecule has 0 unspecified atom stereocenters. The van der Waals surface area contributed by atoms with E-state index in [1.807, 2.05) is 56.3 Å². The predicted molar refractivity (Wildman–Crippen MR) is 110 cm³/mol. The lowest BCUT2D eigenvalue weighted by Crippen LogP contribution is -2.49. The fraction of sp³-hybridized carbons (Fsp3) is 0.333. The molecule has 2 rings (SSSR count). The largest absolute Gasteiger partial charge is 0.484 e. The normalized spacial score (nSPS) is 11.6. The van der Waals surface area contributed by atoms with Gasteiger partial charge in [-0.3, -0.25) is 9.59 Å². The van der Waals surface area contributed by atoms with E-state index in [2.05, 4.69) is 21.2 Å². The maximum absolute atomic E-state index is 12.8. The summed E-state index contributed by atoms with van der Waals surface area (Å²) in [5, 5.41) is 2.78. The first-order valence-electron chi connectivity index (χ1n) is 8.92. The summed E-state index contributed by atoms with van der Waals surface area (Å²) in [7, 11) is 0. The molecule has 0 saturated heterocycles. The van der Waals surface area contributed by atoms with Crippen molar-refractivity contribution in [3.63, 3.8) is 0 Å². The molecule has 144 valence electrons. The third-order valence-electron chi connectivity index (χ3n) is 4.21. The van der Waals surface area contributed by atoms with Gasteiger partial charge in [0.2, 0.25) is 5.91 Å². The molecule has 0 aliphatic carbocycles. The van der Waals surface area contributed by atoms with Gasteiger partial charge in [0.15, 0.2) is 6.61 Å². The zero-order valence-corrected chi connectivity index (χ0v) is 17.5. The molecular weight excluding hydrogens is 408 g/mol. The van der Waals surface area contributed by atoms with Gasteiger partial charge < -0.3 is 15.0 Å². The van der Waals surface area contributed by atoms with Crippen LogP contribution in [0.15, 0.2) is 53.0 Å². The number of carbonyl (C=O) groups is 2. The number of halogens is 1. The molecule has 0 aliphatic heterocycles. The number of likely N-dealkylation sites (N-methyl/N-ethyl adjacent to an activating group) is 1. The predicted octanol–water partition coefficient (Wildman–Crippen LogP) is 3.69. The number of aryl methyl sites for hydroxylation is 1. The van der Waals surface area contributed by atoms with Gasteiger partial charge in [-0.1, -0.05) is 46.3 Å². The van der Waals surface area contributed by atoms with Crippen LogP contribution in [-0.2, 0) is 16.1 Å². The summed E-state index contributed by atoms with van der Waals surface area (Å²) in [5.41, 5.74) is 1.98. The van der Waals surface area contributed by atoms with Crippen LogP contribution in [0.1, 0.15) is 25.0 Å². The second kappa shape index (κ2) is 10.1. The molecule has 0 bridgehead atoms. The quantitative estimate of drug-likeness (QED) is 0.691. The van der Waals surface area contributed by atoms with Gasteiger partial charge >= 0.3 is 0 Å². The van der Waals surface area contributed by atoms with E-state index in [-0.39, 0.29) is 18.4 Å². The van der Waals surface area contributed by atoms with Crippen molar-refractivity contribution >= 4 is 27.7 Å². The fourth-order valence-corrected chi connectivity index (χ4v) is 2.87. The topological polar surface area (TPSA) is 58.6 Å². The molecule has 1 N–H and O–H groups in total. The lowest BCUT2D eigenvalue weighted by atomic mass is 10.1. The minimum Gasteiger partial charge on any atom is -0.484 e. The number of benzene rings is 2. The van der Waals surface area contributed by atoms with Crippen LogP contribution < -0.4 is 10.1 Å². The van der Waals surface area contributed by atoms with Gasteiger partial charge in [0, 0.05) is 17.6 Å². The van der Waals surface area contributed by atoms with Crippen LogP contribution in [0.5, 0.6) is 5.75 Å². The number of nitrogens with one attached hydrogen (secondary N) is 1. The molecule has 0 fully saturated rings. The van der Waals surface area contributed by atoms with E-state index in [0.29, 0.717) is 18.8 Å². The second-order valence-corrected chi connectivity index (χ2v) is 7.13. The summed E-state index contributed by atoms with van der Waals surface area (Å²) in [6.45, 7) is 6.28. The molecule has 2 aromatic carbocycles. The second-order valence-electron chi connectivity index (χ2n) is 6.28. The number of hydrogen-bond acceptors (Lipinski definition) is 3. The molecule has 0 saturated carbocycles. The third kappa shape index (κ3) is 6.10. The van der Waals surface area contributed by atoms with Crippen LogP contribution in [0.2, 0.25) is 0 Å². The number of rotatable bonds is 8. The van der Waals surface area contributed by atoms with E-state index < -0.39 is 6.04 Å². The zero-order chi connectivity index (χ0) is 19.8. The van der Waals surface area contributed by atoms with Gasteiger partial charge in [-0.25, -0.2) is 0 Å². The molecule has 1 atom stereocenters. The van der Waals surface area contributed by atoms with Crippen LogP contribution >= 0.6 is 15.9 Å². The Labute approximate surface area is 168 Å². The highest BCUT2D eigenvalue weighted by Crippen LogP contribution is 2.21. The van der Waals surface area contributed by atoms with Gasteiger partial charge in [-0.15, -0.1) is 0 Å². The Morgan fingerprint density at radius 2 is 1.89 bits per heavy atom. The Hall–Kier alpha value is -2.34. The Morgan fingerprint density at radius 1 is 1.19 bits per heavy atom. The van der Waals surface area contributed by atoms with Gasteiger partial charge in [-0.05, 0) is 50.1 Å². The van der Waals surface area contributed by atoms with Crippen LogP contribution in [-0.4, -0.2) is 35.9 Å². The van der Waals surface area contributed by atoms with Gasteiger partial charge in [-0.2, -0.15) is 0 Å². The Balaban J connectivity index is 2.11. The number of carbonyl (C=O) groups excluding carboxylic acids is 2. The highest BCUT2D eigenvalue weighted by molar-refractivity contribution is 9.10. The lowest BCUT2D eigenvalue weighted by molar-refractivity contribution is -0.142. The fourth-order valence-electron chi connectivity index (χ4n) is 2.62. The summed E-state index contributed by atoms with van der Waals surface area (Å²) in [6.07, 6.45) is 0. The van der Waals surface area contributed by atoms with Crippen LogP contribution in [0, 0.1) is 6.92 Å². The molecule has 0 aromatic heterocycles.